The van der Waals surface area contributed by atoms with Crippen molar-refractivity contribution in [2.24, 2.45) is 5.92 Å². The maximum Gasteiger partial charge on any atom is 0.0221 e. The molecule has 2 heteroatoms. The molecule has 1 aliphatic rings. The lowest BCUT2D eigenvalue weighted by molar-refractivity contribution is 0.247. The standard InChI is InChI=1S/C14H28N2/c1-5-8-12(3)13(4)15-11-14-9-7-10-16(14)6-2/h5,12-15H,1,6-11H2,2-4H3. The third-order valence-electron chi connectivity index (χ3n) is 3.97. The minimum absolute atomic E-state index is 0.595. The smallest absolute Gasteiger partial charge is 0.0221 e. The van der Waals surface area contributed by atoms with E-state index in [0.717, 1.165) is 19.0 Å². The number of likely N-dealkylation sites (tertiary alicyclic amines) is 1. The highest BCUT2D eigenvalue weighted by atomic mass is 15.2. The van der Waals surface area contributed by atoms with Crippen LogP contribution in [0.1, 0.15) is 40.0 Å². The van der Waals surface area contributed by atoms with E-state index >= 15 is 0 Å². The summed E-state index contributed by atoms with van der Waals surface area (Å²) in [7, 11) is 0. The second kappa shape index (κ2) is 7.08. The van der Waals surface area contributed by atoms with Crippen LogP contribution >= 0.6 is 0 Å². The summed E-state index contributed by atoms with van der Waals surface area (Å²) in [5.41, 5.74) is 0. The molecule has 0 saturated carbocycles. The lowest BCUT2D eigenvalue weighted by Gasteiger charge is -2.27. The Hall–Kier alpha value is -0.340. The van der Waals surface area contributed by atoms with Crippen LogP contribution in [0.2, 0.25) is 0 Å². The summed E-state index contributed by atoms with van der Waals surface area (Å²) < 4.78 is 0. The normalized spacial score (nSPS) is 25.6. The molecular weight excluding hydrogens is 196 g/mol. The van der Waals surface area contributed by atoms with Crippen molar-refractivity contribution in [2.45, 2.75) is 52.1 Å². The summed E-state index contributed by atoms with van der Waals surface area (Å²) >= 11 is 0. The Morgan fingerprint density at radius 2 is 2.25 bits per heavy atom. The molecule has 1 rings (SSSR count). The van der Waals surface area contributed by atoms with Crippen LogP contribution in [0.3, 0.4) is 0 Å². The maximum atomic E-state index is 3.81. The van der Waals surface area contributed by atoms with E-state index in [9.17, 15) is 0 Å². The van der Waals surface area contributed by atoms with Gasteiger partial charge in [-0.15, -0.1) is 6.58 Å². The number of likely N-dealkylation sites (N-methyl/N-ethyl adjacent to an activating group) is 1. The van der Waals surface area contributed by atoms with E-state index in [2.05, 4.69) is 37.6 Å². The largest absolute Gasteiger partial charge is 0.312 e. The fraction of sp³-hybridized carbons (Fsp3) is 0.857. The first-order chi connectivity index (χ1) is 7.69. The lowest BCUT2D eigenvalue weighted by Crippen LogP contribution is -2.42. The van der Waals surface area contributed by atoms with Gasteiger partial charge in [0.25, 0.3) is 0 Å². The monoisotopic (exact) mass is 224 g/mol. The molecule has 1 saturated heterocycles. The average Bonchev–Trinajstić information content (AvgIpc) is 2.73. The number of nitrogens with one attached hydrogen (secondary N) is 1. The van der Waals surface area contributed by atoms with E-state index < -0.39 is 0 Å². The van der Waals surface area contributed by atoms with Gasteiger partial charge in [0.1, 0.15) is 0 Å². The van der Waals surface area contributed by atoms with E-state index in [1.165, 1.54) is 25.9 Å². The first-order valence-corrected chi connectivity index (χ1v) is 6.77. The highest BCUT2D eigenvalue weighted by Gasteiger charge is 2.23. The minimum atomic E-state index is 0.595. The molecule has 3 unspecified atom stereocenters. The predicted octanol–water partition coefficient (Wildman–Crippen LogP) is 2.66. The van der Waals surface area contributed by atoms with Crippen molar-refractivity contribution >= 4 is 0 Å². The molecule has 0 radical (unpaired) electrons. The van der Waals surface area contributed by atoms with Crippen molar-refractivity contribution < 1.29 is 0 Å². The summed E-state index contributed by atoms with van der Waals surface area (Å²) in [6.07, 6.45) is 5.87. The van der Waals surface area contributed by atoms with Crippen molar-refractivity contribution in [1.29, 1.82) is 0 Å². The second-order valence-corrected chi connectivity index (χ2v) is 5.12. The molecule has 0 aromatic heterocycles. The fourth-order valence-electron chi connectivity index (χ4n) is 2.53. The maximum absolute atomic E-state index is 3.81. The Morgan fingerprint density at radius 3 is 2.88 bits per heavy atom. The molecule has 94 valence electrons. The second-order valence-electron chi connectivity index (χ2n) is 5.12. The molecule has 0 aromatic rings. The summed E-state index contributed by atoms with van der Waals surface area (Å²) in [4.78, 5) is 2.60. The van der Waals surface area contributed by atoms with Crippen LogP contribution in [0.25, 0.3) is 0 Å². The van der Waals surface area contributed by atoms with Crippen molar-refractivity contribution in [3.05, 3.63) is 12.7 Å². The van der Waals surface area contributed by atoms with Gasteiger partial charge >= 0.3 is 0 Å². The molecule has 0 amide bonds. The fourth-order valence-corrected chi connectivity index (χ4v) is 2.53. The molecule has 0 aliphatic carbocycles. The number of hydrogen-bond acceptors (Lipinski definition) is 2. The van der Waals surface area contributed by atoms with Gasteiger partial charge in [-0.25, -0.2) is 0 Å². The number of rotatable bonds is 7. The van der Waals surface area contributed by atoms with Crippen LogP contribution in [0.4, 0.5) is 0 Å². The van der Waals surface area contributed by atoms with Gasteiger partial charge in [0.15, 0.2) is 0 Å². The molecule has 0 bridgehead atoms. The molecule has 3 atom stereocenters. The minimum Gasteiger partial charge on any atom is -0.312 e. The van der Waals surface area contributed by atoms with Crippen LogP contribution < -0.4 is 5.32 Å². The van der Waals surface area contributed by atoms with Gasteiger partial charge in [0.05, 0.1) is 0 Å². The third kappa shape index (κ3) is 3.91. The zero-order valence-electron chi connectivity index (χ0n) is 11.2. The zero-order chi connectivity index (χ0) is 12.0. The van der Waals surface area contributed by atoms with Gasteiger partial charge < -0.3 is 5.32 Å². The van der Waals surface area contributed by atoms with E-state index in [0.29, 0.717) is 12.0 Å². The quantitative estimate of drug-likeness (QED) is 0.669. The molecule has 2 nitrogen and oxygen atoms in total. The van der Waals surface area contributed by atoms with Crippen molar-refractivity contribution in [2.75, 3.05) is 19.6 Å². The molecule has 1 heterocycles. The van der Waals surface area contributed by atoms with Gasteiger partial charge in [0.2, 0.25) is 0 Å². The van der Waals surface area contributed by atoms with Gasteiger partial charge in [-0.3, -0.25) is 4.90 Å². The van der Waals surface area contributed by atoms with Gasteiger partial charge in [-0.2, -0.15) is 0 Å². The molecule has 0 spiro atoms. The van der Waals surface area contributed by atoms with Crippen molar-refractivity contribution in [1.82, 2.24) is 10.2 Å². The average molecular weight is 224 g/mol. The molecule has 16 heavy (non-hydrogen) atoms. The molecule has 1 N–H and O–H groups in total. The Morgan fingerprint density at radius 1 is 1.50 bits per heavy atom. The third-order valence-corrected chi connectivity index (χ3v) is 3.97. The van der Waals surface area contributed by atoms with Crippen LogP contribution in [0.5, 0.6) is 0 Å². The van der Waals surface area contributed by atoms with E-state index in [4.69, 9.17) is 0 Å². The van der Waals surface area contributed by atoms with Gasteiger partial charge in [-0.1, -0.05) is 19.9 Å². The summed E-state index contributed by atoms with van der Waals surface area (Å²) in [5.74, 6) is 0.689. The highest BCUT2D eigenvalue weighted by molar-refractivity contribution is 4.83. The first kappa shape index (κ1) is 13.7. The van der Waals surface area contributed by atoms with Gasteiger partial charge in [0, 0.05) is 18.6 Å². The van der Waals surface area contributed by atoms with Crippen LogP contribution in [-0.2, 0) is 0 Å². The topological polar surface area (TPSA) is 15.3 Å². The van der Waals surface area contributed by atoms with Crippen molar-refractivity contribution in [3.63, 3.8) is 0 Å². The Bertz CT molecular complexity index is 203. The number of nitrogens with zero attached hydrogens (tertiary/aromatic N) is 1. The van der Waals surface area contributed by atoms with Crippen LogP contribution in [0.15, 0.2) is 12.7 Å². The Kier molecular flexibility index (Phi) is 6.07. The van der Waals surface area contributed by atoms with Crippen LogP contribution in [0, 0.1) is 5.92 Å². The molecule has 0 aromatic carbocycles. The number of hydrogen-bond donors (Lipinski definition) is 1. The Labute approximate surface area is 101 Å². The van der Waals surface area contributed by atoms with E-state index in [1.54, 1.807) is 0 Å². The summed E-state index contributed by atoms with van der Waals surface area (Å²) in [6.45, 7) is 14.3. The predicted molar refractivity (Wildman–Crippen MR) is 71.7 cm³/mol. The van der Waals surface area contributed by atoms with Gasteiger partial charge in [-0.05, 0) is 45.2 Å². The highest BCUT2D eigenvalue weighted by Crippen LogP contribution is 2.16. The lowest BCUT2D eigenvalue weighted by atomic mass is 9.99. The van der Waals surface area contributed by atoms with Crippen molar-refractivity contribution in [3.8, 4) is 0 Å². The number of allylic oxidation sites excluding steroid dienone is 1. The zero-order valence-corrected chi connectivity index (χ0v) is 11.2. The van der Waals surface area contributed by atoms with E-state index in [-0.39, 0.29) is 0 Å². The molecule has 1 fully saturated rings. The Balaban J connectivity index is 2.25. The molecular formula is C14H28N2. The van der Waals surface area contributed by atoms with Crippen LogP contribution in [-0.4, -0.2) is 36.6 Å². The SMILES string of the molecule is C=CCC(C)C(C)NCC1CCCN1CC. The first-order valence-electron chi connectivity index (χ1n) is 6.77. The van der Waals surface area contributed by atoms with E-state index in [1.807, 2.05) is 6.08 Å². The molecule has 1 aliphatic heterocycles. The summed E-state index contributed by atoms with van der Waals surface area (Å²) in [6, 6.07) is 1.36. The summed E-state index contributed by atoms with van der Waals surface area (Å²) in [5, 5.41) is 3.68.